The lowest BCUT2D eigenvalue weighted by atomic mass is 9.77. The van der Waals surface area contributed by atoms with Crippen LogP contribution in [0.5, 0.6) is 11.8 Å². The average molecular weight is 778 g/mol. The SMILES string of the molecule is CCOc1ccc(CC(=O)Nc2nn(C(c3ccccc3)(c3ccccc3)c3ccccc3)c3ccc(Nc4nc(OCCCN(CC)CC)ncc4F)cc23)cc1. The van der Waals surface area contributed by atoms with E-state index in [9.17, 15) is 4.79 Å². The number of benzene rings is 5. The second-order valence-corrected chi connectivity index (χ2v) is 13.8. The van der Waals surface area contributed by atoms with E-state index in [1.54, 1.807) is 0 Å². The van der Waals surface area contributed by atoms with Crippen molar-refractivity contribution in [3.8, 4) is 11.8 Å². The maximum atomic E-state index is 15.3. The first-order valence-corrected chi connectivity index (χ1v) is 19.8. The Morgan fingerprint density at radius 3 is 1.98 bits per heavy atom. The van der Waals surface area contributed by atoms with Crippen LogP contribution in [0.1, 0.15) is 49.4 Å². The van der Waals surface area contributed by atoms with Gasteiger partial charge in [0.15, 0.2) is 17.5 Å². The molecule has 11 heteroatoms. The molecule has 7 aromatic rings. The summed E-state index contributed by atoms with van der Waals surface area (Å²) in [5.74, 6) is 0.176. The van der Waals surface area contributed by atoms with E-state index in [0.717, 1.165) is 65.8 Å². The van der Waals surface area contributed by atoms with E-state index in [-0.39, 0.29) is 24.2 Å². The van der Waals surface area contributed by atoms with Crippen molar-refractivity contribution in [1.82, 2.24) is 24.6 Å². The molecule has 7 rings (SSSR count). The number of carbonyl (C=O) groups excluding carboxylic acids is 1. The zero-order valence-corrected chi connectivity index (χ0v) is 33.1. The summed E-state index contributed by atoms with van der Waals surface area (Å²) < 4.78 is 28.7. The summed E-state index contributed by atoms with van der Waals surface area (Å²) in [6, 6.07) is 43.8. The highest BCUT2D eigenvalue weighted by Crippen LogP contribution is 2.44. The number of hydrogen-bond acceptors (Lipinski definition) is 8. The first-order valence-electron chi connectivity index (χ1n) is 19.8. The zero-order valence-electron chi connectivity index (χ0n) is 33.1. The van der Waals surface area contributed by atoms with Crippen LogP contribution in [0, 0.1) is 5.82 Å². The van der Waals surface area contributed by atoms with Crippen molar-refractivity contribution in [2.45, 2.75) is 39.2 Å². The molecule has 58 heavy (non-hydrogen) atoms. The van der Waals surface area contributed by atoms with Crippen LogP contribution in [0.2, 0.25) is 0 Å². The van der Waals surface area contributed by atoms with E-state index >= 15 is 4.39 Å². The van der Waals surface area contributed by atoms with Crippen molar-refractivity contribution >= 4 is 34.1 Å². The van der Waals surface area contributed by atoms with Gasteiger partial charge in [0.25, 0.3) is 0 Å². The summed E-state index contributed by atoms with van der Waals surface area (Å²) in [5.41, 5.74) is 4.04. The first kappa shape index (κ1) is 39.6. The van der Waals surface area contributed by atoms with Crippen LogP contribution in [0.4, 0.5) is 21.7 Å². The third kappa shape index (κ3) is 8.69. The molecule has 10 nitrogen and oxygen atoms in total. The Kier molecular flexibility index (Phi) is 12.7. The van der Waals surface area contributed by atoms with Crippen LogP contribution in [-0.4, -0.2) is 63.4 Å². The molecule has 2 aromatic heterocycles. The molecular formula is C47H48FN7O3. The maximum absolute atomic E-state index is 15.3. The van der Waals surface area contributed by atoms with Crippen LogP contribution in [0.15, 0.2) is 140 Å². The highest BCUT2D eigenvalue weighted by Gasteiger charge is 2.41. The van der Waals surface area contributed by atoms with Crippen LogP contribution >= 0.6 is 0 Å². The number of ether oxygens (including phenoxy) is 2. The minimum atomic E-state index is -0.967. The highest BCUT2D eigenvalue weighted by molar-refractivity contribution is 6.02. The number of hydrogen-bond donors (Lipinski definition) is 2. The van der Waals surface area contributed by atoms with Gasteiger partial charge in [-0.05, 0) is 79.0 Å². The van der Waals surface area contributed by atoms with Gasteiger partial charge in [-0.2, -0.15) is 10.1 Å². The van der Waals surface area contributed by atoms with Crippen LogP contribution in [0.3, 0.4) is 0 Å². The molecule has 0 saturated heterocycles. The Balaban J connectivity index is 1.31. The standard InChI is InChI=1S/C47H48FN7O3/c1-4-54(5-2)29-16-30-58-46-49-33-41(48)45(52-46)50-38-25-28-42-40(32-38)44(51-43(56)31-34-23-26-39(27-24-34)57-6-3)53-55(42)47(35-17-10-7-11-18-35,36-19-12-8-13-20-36)37-21-14-9-15-22-37/h7-15,17-28,32-33H,4-6,16,29-31H2,1-3H3,(H,49,50,52)(H,51,53,56). The van der Waals surface area contributed by atoms with E-state index in [1.807, 2.05) is 109 Å². The molecule has 0 unspecified atom stereocenters. The monoisotopic (exact) mass is 777 g/mol. The van der Waals surface area contributed by atoms with Crippen molar-refractivity contribution in [2.24, 2.45) is 0 Å². The Morgan fingerprint density at radius 2 is 1.40 bits per heavy atom. The average Bonchev–Trinajstić information content (AvgIpc) is 3.61. The number of anilines is 3. The van der Waals surface area contributed by atoms with E-state index < -0.39 is 11.4 Å². The largest absolute Gasteiger partial charge is 0.494 e. The van der Waals surface area contributed by atoms with Crippen LogP contribution in [0.25, 0.3) is 10.9 Å². The fourth-order valence-electron chi connectivity index (χ4n) is 7.32. The second-order valence-electron chi connectivity index (χ2n) is 13.8. The molecule has 0 fully saturated rings. The second kappa shape index (κ2) is 18.6. The summed E-state index contributed by atoms with van der Waals surface area (Å²) in [7, 11) is 0. The lowest BCUT2D eigenvalue weighted by molar-refractivity contribution is -0.115. The number of fused-ring (bicyclic) bond motifs is 1. The molecule has 0 aliphatic carbocycles. The van der Waals surface area contributed by atoms with Crippen molar-refractivity contribution in [3.05, 3.63) is 168 Å². The third-order valence-corrected chi connectivity index (χ3v) is 10.2. The molecule has 0 atom stereocenters. The first-order chi connectivity index (χ1) is 28.4. The van der Waals surface area contributed by atoms with Gasteiger partial charge in [0.05, 0.1) is 31.3 Å². The third-order valence-electron chi connectivity index (χ3n) is 10.2. The highest BCUT2D eigenvalue weighted by atomic mass is 19.1. The number of rotatable bonds is 18. The lowest BCUT2D eigenvalue weighted by Gasteiger charge is -2.37. The van der Waals surface area contributed by atoms with Crippen LogP contribution < -0.4 is 20.1 Å². The predicted octanol–water partition coefficient (Wildman–Crippen LogP) is 9.24. The van der Waals surface area contributed by atoms with Crippen molar-refractivity contribution < 1.29 is 18.7 Å². The molecule has 1 amide bonds. The Labute approximate surface area is 338 Å². The Morgan fingerprint density at radius 1 is 0.776 bits per heavy atom. The number of nitrogens with one attached hydrogen (secondary N) is 2. The van der Waals surface area contributed by atoms with Crippen molar-refractivity contribution in [1.29, 1.82) is 0 Å². The minimum absolute atomic E-state index is 0.0335. The van der Waals surface area contributed by atoms with Gasteiger partial charge in [0.1, 0.15) is 11.3 Å². The van der Waals surface area contributed by atoms with Crippen molar-refractivity contribution in [3.63, 3.8) is 0 Å². The molecule has 0 radical (unpaired) electrons. The minimum Gasteiger partial charge on any atom is -0.494 e. The smallest absolute Gasteiger partial charge is 0.318 e. The van der Waals surface area contributed by atoms with Gasteiger partial charge >= 0.3 is 6.01 Å². The van der Waals surface area contributed by atoms with E-state index in [2.05, 4.69) is 75.7 Å². The van der Waals surface area contributed by atoms with Crippen molar-refractivity contribution in [2.75, 3.05) is 43.5 Å². The molecule has 0 spiro atoms. The van der Waals surface area contributed by atoms with Crippen LogP contribution in [-0.2, 0) is 16.8 Å². The van der Waals surface area contributed by atoms with Gasteiger partial charge in [-0.15, -0.1) is 0 Å². The summed E-state index contributed by atoms with van der Waals surface area (Å²) in [4.78, 5) is 24.6. The van der Waals surface area contributed by atoms with E-state index in [4.69, 9.17) is 14.6 Å². The fraction of sp³-hybridized carbons (Fsp3) is 0.234. The lowest BCUT2D eigenvalue weighted by Crippen LogP contribution is -2.38. The number of carbonyl (C=O) groups is 1. The van der Waals surface area contributed by atoms with Gasteiger partial charge in [-0.3, -0.25) is 4.79 Å². The molecule has 0 aliphatic rings. The molecule has 0 aliphatic heterocycles. The predicted molar refractivity (Wildman–Crippen MR) is 227 cm³/mol. The number of halogens is 1. The molecule has 296 valence electrons. The van der Waals surface area contributed by atoms with E-state index in [0.29, 0.717) is 30.1 Å². The summed E-state index contributed by atoms with van der Waals surface area (Å²) >= 11 is 0. The molecule has 2 heterocycles. The number of aromatic nitrogens is 4. The summed E-state index contributed by atoms with van der Waals surface area (Å²) in [6.07, 6.45) is 2.01. The van der Waals surface area contributed by atoms with E-state index in [1.165, 1.54) is 0 Å². The zero-order chi connectivity index (χ0) is 40.3. The molecule has 5 aromatic carbocycles. The normalized spacial score (nSPS) is 11.5. The Bertz CT molecular complexity index is 2310. The summed E-state index contributed by atoms with van der Waals surface area (Å²) in [5, 5.41) is 12.2. The van der Waals surface area contributed by atoms with Gasteiger partial charge in [-0.25, -0.2) is 14.1 Å². The topological polar surface area (TPSA) is 106 Å². The Hall–Kier alpha value is -6.59. The number of nitrogens with zero attached hydrogens (tertiary/aromatic N) is 5. The van der Waals surface area contributed by atoms with Gasteiger partial charge in [-0.1, -0.05) is 117 Å². The molecular weight excluding hydrogens is 730 g/mol. The summed E-state index contributed by atoms with van der Waals surface area (Å²) in [6.45, 7) is 9.94. The quantitative estimate of drug-likeness (QED) is 0.0657. The van der Waals surface area contributed by atoms with Gasteiger partial charge in [0, 0.05) is 17.6 Å². The molecule has 0 bridgehead atoms. The molecule has 2 N–H and O–H groups in total. The van der Waals surface area contributed by atoms with Gasteiger partial charge in [0.2, 0.25) is 5.91 Å². The maximum Gasteiger partial charge on any atom is 0.318 e. The van der Waals surface area contributed by atoms with Gasteiger partial charge < -0.3 is 25.0 Å². The fourth-order valence-corrected chi connectivity index (χ4v) is 7.32. The number of amides is 1. The molecule has 0 saturated carbocycles.